The molecule has 2 amide bonds. The van der Waals surface area contributed by atoms with Gasteiger partial charge in [0.1, 0.15) is 11.6 Å². The summed E-state index contributed by atoms with van der Waals surface area (Å²) in [5.74, 6) is -0.518. The van der Waals surface area contributed by atoms with Gasteiger partial charge in [-0.15, -0.1) is 0 Å². The van der Waals surface area contributed by atoms with E-state index in [9.17, 15) is 13.6 Å². The molecule has 0 radical (unpaired) electrons. The highest BCUT2D eigenvalue weighted by molar-refractivity contribution is 5.77. The van der Waals surface area contributed by atoms with Gasteiger partial charge in [0.15, 0.2) is 0 Å². The van der Waals surface area contributed by atoms with Crippen molar-refractivity contribution in [2.45, 2.75) is 24.7 Å². The van der Waals surface area contributed by atoms with Gasteiger partial charge in [0.25, 0.3) is 0 Å². The van der Waals surface area contributed by atoms with Gasteiger partial charge in [-0.05, 0) is 60.2 Å². The second-order valence-electron chi connectivity index (χ2n) is 7.99. The molecule has 1 N–H and O–H groups in total. The molecule has 1 fully saturated rings. The Morgan fingerprint density at radius 2 is 1.83 bits per heavy atom. The zero-order chi connectivity index (χ0) is 21.0. The molecular formula is C24H26F2N2O2. The normalized spacial score (nSPS) is 18.6. The van der Waals surface area contributed by atoms with E-state index in [4.69, 9.17) is 4.74 Å². The Morgan fingerprint density at radius 1 is 1.07 bits per heavy atom. The van der Waals surface area contributed by atoms with Crippen molar-refractivity contribution >= 4 is 11.6 Å². The minimum atomic E-state index is -0.319. The van der Waals surface area contributed by atoms with Gasteiger partial charge in [0.05, 0.1) is 0 Å². The third-order valence-corrected chi connectivity index (χ3v) is 6.18. The van der Waals surface area contributed by atoms with Crippen molar-refractivity contribution in [3.63, 3.8) is 0 Å². The van der Waals surface area contributed by atoms with Crippen molar-refractivity contribution < 1.29 is 18.3 Å². The summed E-state index contributed by atoms with van der Waals surface area (Å²) in [5, 5.41) is 3.07. The highest BCUT2D eigenvalue weighted by Crippen LogP contribution is 2.34. The quantitative estimate of drug-likeness (QED) is 0.803. The largest absolute Gasteiger partial charge is 0.381 e. The highest BCUT2D eigenvalue weighted by Gasteiger charge is 2.35. The average Bonchev–Trinajstić information content (AvgIpc) is 2.79. The number of ether oxygens (including phenoxy) is 1. The van der Waals surface area contributed by atoms with Gasteiger partial charge in [-0.2, -0.15) is 0 Å². The summed E-state index contributed by atoms with van der Waals surface area (Å²) in [7, 11) is 0. The van der Waals surface area contributed by atoms with Gasteiger partial charge in [-0.3, -0.25) is 0 Å². The fraction of sp³-hybridized carbons (Fsp3) is 0.375. The van der Waals surface area contributed by atoms with Crippen LogP contribution in [0.3, 0.4) is 0 Å². The van der Waals surface area contributed by atoms with Crippen molar-refractivity contribution in [3.8, 4) is 0 Å². The van der Waals surface area contributed by atoms with E-state index < -0.39 is 0 Å². The van der Waals surface area contributed by atoms with Crippen LogP contribution in [-0.4, -0.2) is 43.8 Å². The minimum Gasteiger partial charge on any atom is -0.381 e. The third kappa shape index (κ3) is 4.54. The first kappa shape index (κ1) is 20.5. The molecule has 2 heterocycles. The van der Waals surface area contributed by atoms with Crippen molar-refractivity contribution in [2.24, 2.45) is 0 Å². The van der Waals surface area contributed by atoms with E-state index in [0.29, 0.717) is 32.8 Å². The fourth-order valence-electron chi connectivity index (χ4n) is 4.28. The third-order valence-electron chi connectivity index (χ3n) is 6.18. The molecule has 158 valence electrons. The lowest BCUT2D eigenvalue weighted by Gasteiger charge is -2.38. The Labute approximate surface area is 175 Å². The summed E-state index contributed by atoms with van der Waals surface area (Å²) >= 11 is 0. The summed E-state index contributed by atoms with van der Waals surface area (Å²) in [4.78, 5) is 14.6. The topological polar surface area (TPSA) is 41.6 Å². The number of amides is 2. The van der Waals surface area contributed by atoms with Gasteiger partial charge in [0, 0.05) is 38.3 Å². The predicted molar refractivity (Wildman–Crippen MR) is 112 cm³/mol. The molecule has 0 saturated carbocycles. The summed E-state index contributed by atoms with van der Waals surface area (Å²) in [5.41, 5.74) is 2.70. The molecule has 2 aromatic carbocycles. The number of hydrogen-bond acceptors (Lipinski definition) is 2. The lowest BCUT2D eigenvalue weighted by atomic mass is 9.74. The van der Waals surface area contributed by atoms with Gasteiger partial charge in [0.2, 0.25) is 0 Å². The van der Waals surface area contributed by atoms with Crippen molar-refractivity contribution in [2.75, 3.05) is 32.8 Å². The van der Waals surface area contributed by atoms with E-state index >= 15 is 0 Å². The number of rotatable bonds is 4. The van der Waals surface area contributed by atoms with Crippen LogP contribution < -0.4 is 5.32 Å². The number of benzene rings is 2. The van der Waals surface area contributed by atoms with Crippen molar-refractivity contribution in [1.82, 2.24) is 10.2 Å². The number of urea groups is 1. The number of halogens is 2. The Morgan fingerprint density at radius 3 is 2.50 bits per heavy atom. The smallest absolute Gasteiger partial charge is 0.317 e. The molecule has 30 heavy (non-hydrogen) atoms. The second-order valence-corrected chi connectivity index (χ2v) is 7.99. The zero-order valence-corrected chi connectivity index (χ0v) is 16.9. The van der Waals surface area contributed by atoms with Gasteiger partial charge in [-0.1, -0.05) is 30.3 Å². The average molecular weight is 412 g/mol. The van der Waals surface area contributed by atoms with Crippen LogP contribution >= 0.6 is 0 Å². The summed E-state index contributed by atoms with van der Waals surface area (Å²) in [6, 6.07) is 13.0. The fourth-order valence-corrected chi connectivity index (χ4v) is 4.28. The zero-order valence-electron chi connectivity index (χ0n) is 16.9. The van der Waals surface area contributed by atoms with Crippen LogP contribution in [0.1, 0.15) is 30.4 Å². The molecule has 0 atom stereocenters. The molecule has 0 aromatic heterocycles. The first-order valence-corrected chi connectivity index (χ1v) is 10.4. The molecule has 2 aliphatic rings. The Bertz CT molecular complexity index is 921. The maximum absolute atomic E-state index is 13.8. The van der Waals surface area contributed by atoms with E-state index in [0.717, 1.165) is 36.0 Å². The first-order chi connectivity index (χ1) is 14.6. The van der Waals surface area contributed by atoms with E-state index in [2.05, 4.69) is 5.32 Å². The van der Waals surface area contributed by atoms with Crippen LogP contribution in [0.5, 0.6) is 0 Å². The van der Waals surface area contributed by atoms with Crippen molar-refractivity contribution in [1.29, 1.82) is 0 Å². The molecule has 4 nitrogen and oxygen atoms in total. The number of nitrogens with zero attached hydrogens (tertiary/aromatic N) is 1. The highest BCUT2D eigenvalue weighted by atomic mass is 19.1. The number of nitrogens with one attached hydrogen (secondary N) is 1. The monoisotopic (exact) mass is 412 g/mol. The van der Waals surface area contributed by atoms with Gasteiger partial charge in [-0.25, -0.2) is 13.6 Å². The molecule has 6 heteroatoms. The molecule has 2 aliphatic heterocycles. The number of carbonyl (C=O) groups is 1. The molecule has 0 spiro atoms. The maximum Gasteiger partial charge on any atom is 0.317 e. The van der Waals surface area contributed by atoms with Crippen LogP contribution in [0.4, 0.5) is 13.6 Å². The first-order valence-electron chi connectivity index (χ1n) is 10.4. The molecule has 0 unspecified atom stereocenters. The molecule has 1 saturated heterocycles. The van der Waals surface area contributed by atoms with E-state index in [-0.39, 0.29) is 23.1 Å². The summed E-state index contributed by atoms with van der Waals surface area (Å²) in [6.45, 7) is 2.75. The van der Waals surface area contributed by atoms with Gasteiger partial charge < -0.3 is 15.0 Å². The number of carbonyl (C=O) groups excluding carboxylic acids is 1. The summed E-state index contributed by atoms with van der Waals surface area (Å²) in [6.07, 6.45) is 4.23. The van der Waals surface area contributed by atoms with Crippen molar-refractivity contribution in [3.05, 3.63) is 77.4 Å². The van der Waals surface area contributed by atoms with E-state index in [1.807, 2.05) is 12.1 Å². The van der Waals surface area contributed by atoms with Crippen LogP contribution in [-0.2, 0) is 10.2 Å². The predicted octanol–water partition coefficient (Wildman–Crippen LogP) is 4.51. The lowest BCUT2D eigenvalue weighted by molar-refractivity contribution is 0.0501. The Kier molecular flexibility index (Phi) is 6.13. The van der Waals surface area contributed by atoms with Crippen LogP contribution in [0.25, 0.3) is 5.57 Å². The molecule has 0 aliphatic carbocycles. The lowest BCUT2D eigenvalue weighted by Crippen LogP contribution is -2.49. The molecule has 2 aromatic rings. The summed E-state index contributed by atoms with van der Waals surface area (Å²) < 4.78 is 32.5. The molecule has 4 rings (SSSR count). The standard InChI is InChI=1S/C24H26F2N2O2/c25-21-6-4-18(5-7-21)19-8-12-28(13-9-19)23(29)27-17-24(10-14-30-15-11-24)20-2-1-3-22(26)16-20/h1-8,16H,9-15,17H2,(H,27,29). The molecular weight excluding hydrogens is 386 g/mol. The van der Waals surface area contributed by atoms with Crippen LogP contribution in [0, 0.1) is 11.6 Å². The SMILES string of the molecule is O=C(NCC1(c2cccc(F)c2)CCOCC1)N1CC=C(c2ccc(F)cc2)CC1. The van der Waals surface area contributed by atoms with E-state index in [1.54, 1.807) is 29.2 Å². The minimum absolute atomic E-state index is 0.119. The van der Waals surface area contributed by atoms with Gasteiger partial charge >= 0.3 is 6.03 Å². The Hall–Kier alpha value is -2.73. The number of hydrogen-bond donors (Lipinski definition) is 1. The van der Waals surface area contributed by atoms with Crippen LogP contribution in [0.2, 0.25) is 0 Å². The Balaban J connectivity index is 1.40. The maximum atomic E-state index is 13.8. The second kappa shape index (κ2) is 8.96. The molecule has 0 bridgehead atoms. The van der Waals surface area contributed by atoms with Crippen LogP contribution in [0.15, 0.2) is 54.6 Å². The van der Waals surface area contributed by atoms with E-state index in [1.165, 1.54) is 18.2 Å².